The second kappa shape index (κ2) is 5.80. The third-order valence-corrected chi connectivity index (χ3v) is 3.50. The number of pyridine rings is 2. The molecule has 0 aliphatic heterocycles. The highest BCUT2D eigenvalue weighted by atomic mass is 19.2. The number of hydrogen-bond acceptors (Lipinski definition) is 3. The van der Waals surface area contributed by atoms with Crippen LogP contribution < -0.4 is 10.9 Å². The fraction of sp³-hybridized carbons (Fsp3) is 0.0625. The fourth-order valence-corrected chi connectivity index (χ4v) is 2.27. The summed E-state index contributed by atoms with van der Waals surface area (Å²) in [5.74, 6) is -5.56. The number of fused-ring (bicyclic) bond motifs is 1. The van der Waals surface area contributed by atoms with Crippen LogP contribution >= 0.6 is 0 Å². The van der Waals surface area contributed by atoms with Gasteiger partial charge in [0.05, 0.1) is 5.69 Å². The number of anilines is 1. The summed E-state index contributed by atoms with van der Waals surface area (Å²) in [4.78, 5) is 28.5. The normalized spacial score (nSPS) is 10.8. The van der Waals surface area contributed by atoms with Gasteiger partial charge >= 0.3 is 0 Å². The van der Waals surface area contributed by atoms with Gasteiger partial charge in [0.1, 0.15) is 11.2 Å². The van der Waals surface area contributed by atoms with Gasteiger partial charge in [0.2, 0.25) is 0 Å². The van der Waals surface area contributed by atoms with Crippen LogP contribution in [0.1, 0.15) is 10.4 Å². The van der Waals surface area contributed by atoms with Crippen molar-refractivity contribution in [1.82, 2.24) is 9.55 Å². The van der Waals surface area contributed by atoms with Crippen LogP contribution in [0.15, 0.2) is 41.3 Å². The molecule has 0 spiro atoms. The quantitative estimate of drug-likeness (QED) is 0.733. The number of nitrogens with zero attached hydrogens (tertiary/aromatic N) is 2. The predicted molar refractivity (Wildman–Crippen MR) is 81.3 cm³/mol. The minimum atomic E-state index is -1.71. The van der Waals surface area contributed by atoms with Crippen molar-refractivity contribution in [1.29, 1.82) is 0 Å². The lowest BCUT2D eigenvalue weighted by Crippen LogP contribution is -2.28. The molecule has 0 saturated heterocycles. The second-order valence-corrected chi connectivity index (χ2v) is 5.02. The molecule has 5 nitrogen and oxygen atoms in total. The Bertz CT molecular complexity index is 1030. The average molecular weight is 333 g/mol. The Morgan fingerprint density at radius 2 is 1.92 bits per heavy atom. The number of nitrogens with one attached hydrogen (secondary N) is 1. The van der Waals surface area contributed by atoms with Crippen LogP contribution in [0.5, 0.6) is 0 Å². The largest absolute Gasteiger partial charge is 0.319 e. The maximum atomic E-state index is 13.6. The lowest BCUT2D eigenvalue weighted by molar-refractivity contribution is 0.102. The number of aryl methyl sites for hydroxylation is 1. The van der Waals surface area contributed by atoms with E-state index in [0.29, 0.717) is 17.1 Å². The number of aromatic nitrogens is 2. The van der Waals surface area contributed by atoms with Crippen molar-refractivity contribution in [2.75, 3.05) is 5.32 Å². The van der Waals surface area contributed by atoms with Gasteiger partial charge in [0, 0.05) is 18.6 Å². The summed E-state index contributed by atoms with van der Waals surface area (Å²) >= 11 is 0. The van der Waals surface area contributed by atoms with Gasteiger partial charge < -0.3 is 5.32 Å². The smallest absolute Gasteiger partial charge is 0.264 e. The Morgan fingerprint density at radius 3 is 2.67 bits per heavy atom. The number of amides is 1. The lowest BCUT2D eigenvalue weighted by Gasteiger charge is -2.09. The molecular formula is C16H10F3N3O2. The van der Waals surface area contributed by atoms with Gasteiger partial charge in [0.15, 0.2) is 17.5 Å². The minimum Gasteiger partial charge on any atom is -0.319 e. The van der Waals surface area contributed by atoms with E-state index in [1.807, 2.05) is 0 Å². The standard InChI is InChI=1S/C16H10F3N3O2/c1-22-14-8(3-2-6-20-14)7-9(16(22)24)15(23)21-11-5-4-10(17)12(18)13(11)19/h2-7H,1H3,(H,21,23). The van der Waals surface area contributed by atoms with E-state index >= 15 is 0 Å². The molecule has 2 aromatic heterocycles. The van der Waals surface area contributed by atoms with Crippen LogP contribution in [0.2, 0.25) is 0 Å². The van der Waals surface area contributed by atoms with E-state index in [0.717, 1.165) is 6.07 Å². The summed E-state index contributed by atoms with van der Waals surface area (Å²) < 4.78 is 41.0. The third kappa shape index (κ3) is 2.51. The molecular weight excluding hydrogens is 323 g/mol. The first-order valence-electron chi connectivity index (χ1n) is 6.79. The molecule has 24 heavy (non-hydrogen) atoms. The van der Waals surface area contributed by atoms with Crippen LogP contribution in [-0.4, -0.2) is 15.5 Å². The van der Waals surface area contributed by atoms with Crippen LogP contribution in [-0.2, 0) is 7.05 Å². The molecule has 122 valence electrons. The summed E-state index contributed by atoms with van der Waals surface area (Å²) in [7, 11) is 1.44. The number of halogens is 3. The van der Waals surface area contributed by atoms with Gasteiger partial charge in [-0.2, -0.15) is 0 Å². The van der Waals surface area contributed by atoms with Crippen molar-refractivity contribution >= 4 is 22.6 Å². The van der Waals surface area contributed by atoms with Crippen molar-refractivity contribution in [3.63, 3.8) is 0 Å². The maximum absolute atomic E-state index is 13.6. The second-order valence-electron chi connectivity index (χ2n) is 5.02. The molecule has 0 fully saturated rings. The number of benzene rings is 1. The summed E-state index contributed by atoms with van der Waals surface area (Å²) in [6, 6.07) is 6.13. The number of carbonyl (C=O) groups excluding carboxylic acids is 1. The van der Waals surface area contributed by atoms with Gasteiger partial charge in [-0.15, -0.1) is 0 Å². The first kappa shape index (κ1) is 15.7. The topological polar surface area (TPSA) is 64.0 Å². The van der Waals surface area contributed by atoms with Gasteiger partial charge in [-0.3, -0.25) is 14.2 Å². The molecule has 1 amide bonds. The molecule has 0 unspecified atom stereocenters. The summed E-state index contributed by atoms with van der Waals surface area (Å²) in [5.41, 5.74) is -1.12. The summed E-state index contributed by atoms with van der Waals surface area (Å²) in [6.07, 6.45) is 1.50. The van der Waals surface area contributed by atoms with Gasteiger partial charge in [-0.25, -0.2) is 18.2 Å². The molecule has 0 saturated carbocycles. The van der Waals surface area contributed by atoms with Crippen molar-refractivity contribution < 1.29 is 18.0 Å². The third-order valence-electron chi connectivity index (χ3n) is 3.50. The zero-order valence-electron chi connectivity index (χ0n) is 12.3. The lowest BCUT2D eigenvalue weighted by atomic mass is 10.2. The van der Waals surface area contributed by atoms with Crippen molar-refractivity contribution in [3.05, 3.63) is 69.9 Å². The van der Waals surface area contributed by atoms with E-state index < -0.39 is 34.6 Å². The molecule has 1 N–H and O–H groups in total. The highest BCUT2D eigenvalue weighted by Crippen LogP contribution is 2.20. The summed E-state index contributed by atoms with van der Waals surface area (Å²) in [5, 5.41) is 2.60. The van der Waals surface area contributed by atoms with E-state index in [1.54, 1.807) is 12.1 Å². The Labute approximate surface area is 133 Å². The first-order valence-corrected chi connectivity index (χ1v) is 6.79. The zero-order chi connectivity index (χ0) is 17.4. The van der Waals surface area contributed by atoms with Crippen molar-refractivity contribution in [2.45, 2.75) is 0 Å². The zero-order valence-corrected chi connectivity index (χ0v) is 12.3. The molecule has 8 heteroatoms. The molecule has 2 heterocycles. The van der Waals surface area contributed by atoms with Crippen LogP contribution in [0, 0.1) is 17.5 Å². The van der Waals surface area contributed by atoms with Crippen molar-refractivity contribution in [3.8, 4) is 0 Å². The van der Waals surface area contributed by atoms with Crippen LogP contribution in [0.3, 0.4) is 0 Å². The van der Waals surface area contributed by atoms with Crippen molar-refractivity contribution in [2.24, 2.45) is 7.05 Å². The molecule has 0 radical (unpaired) electrons. The van der Waals surface area contributed by atoms with E-state index in [9.17, 15) is 22.8 Å². The highest BCUT2D eigenvalue weighted by molar-refractivity contribution is 6.05. The summed E-state index contributed by atoms with van der Waals surface area (Å²) in [6.45, 7) is 0. The molecule has 0 aliphatic carbocycles. The highest BCUT2D eigenvalue weighted by Gasteiger charge is 2.19. The van der Waals surface area contributed by atoms with Crippen LogP contribution in [0.25, 0.3) is 11.0 Å². The monoisotopic (exact) mass is 333 g/mol. The Kier molecular flexibility index (Phi) is 3.80. The fourth-order valence-electron chi connectivity index (χ4n) is 2.27. The molecule has 0 bridgehead atoms. The van der Waals surface area contributed by atoms with E-state index in [1.165, 1.54) is 23.9 Å². The number of carbonyl (C=O) groups is 1. The Morgan fingerprint density at radius 1 is 1.17 bits per heavy atom. The van der Waals surface area contributed by atoms with E-state index in [2.05, 4.69) is 10.3 Å². The average Bonchev–Trinajstić information content (AvgIpc) is 2.58. The minimum absolute atomic E-state index is 0.276. The Balaban J connectivity index is 2.05. The van der Waals surface area contributed by atoms with Gasteiger partial charge in [-0.05, 0) is 30.3 Å². The van der Waals surface area contributed by atoms with E-state index in [4.69, 9.17) is 0 Å². The maximum Gasteiger partial charge on any atom is 0.264 e. The first-order chi connectivity index (χ1) is 11.4. The molecule has 3 rings (SSSR count). The van der Waals surface area contributed by atoms with Gasteiger partial charge in [0.25, 0.3) is 11.5 Å². The number of rotatable bonds is 2. The molecule has 0 aliphatic rings. The van der Waals surface area contributed by atoms with Gasteiger partial charge in [-0.1, -0.05) is 0 Å². The molecule has 0 atom stereocenters. The predicted octanol–water partition coefficient (Wildman–Crippen LogP) is 2.60. The number of hydrogen-bond donors (Lipinski definition) is 1. The SMILES string of the molecule is Cn1c(=O)c(C(=O)Nc2ccc(F)c(F)c2F)cc2cccnc21. The Hall–Kier alpha value is -3.16. The molecule has 3 aromatic rings. The molecule has 1 aromatic carbocycles. The van der Waals surface area contributed by atoms with Crippen LogP contribution in [0.4, 0.5) is 18.9 Å². The van der Waals surface area contributed by atoms with E-state index in [-0.39, 0.29) is 5.56 Å².